The van der Waals surface area contributed by atoms with Gasteiger partial charge in [-0.05, 0) is 43.0 Å². The molecule has 3 heterocycles. The summed E-state index contributed by atoms with van der Waals surface area (Å²) < 4.78 is 33.7. The van der Waals surface area contributed by atoms with Crippen molar-refractivity contribution in [2.75, 3.05) is 7.05 Å². The van der Waals surface area contributed by atoms with Gasteiger partial charge in [-0.3, -0.25) is 4.98 Å². The Balaban J connectivity index is 1.58. The van der Waals surface area contributed by atoms with Crippen molar-refractivity contribution >= 4 is 21.1 Å². The smallest absolute Gasteiger partial charge is 0.245 e. The average molecular weight is 483 g/mol. The molecular formula is C24H30N6O3S. The van der Waals surface area contributed by atoms with Gasteiger partial charge in [-0.1, -0.05) is 38.1 Å². The number of aromatic amines is 1. The maximum absolute atomic E-state index is 13.5. The predicted octanol–water partition coefficient (Wildman–Crippen LogP) is 4.21. The third-order valence-corrected chi connectivity index (χ3v) is 7.67. The number of benzene rings is 1. The van der Waals surface area contributed by atoms with Gasteiger partial charge >= 0.3 is 0 Å². The quantitative estimate of drug-likeness (QED) is 0.380. The van der Waals surface area contributed by atoms with Crippen LogP contribution < -0.4 is 0 Å². The number of hydrogen-bond donors (Lipinski definition) is 1. The molecule has 0 saturated heterocycles. The van der Waals surface area contributed by atoms with Crippen LogP contribution in [0, 0.1) is 12.8 Å². The van der Waals surface area contributed by atoms with Crippen molar-refractivity contribution in [1.29, 1.82) is 0 Å². The van der Waals surface area contributed by atoms with Crippen LogP contribution in [0.15, 0.2) is 45.9 Å². The molecule has 0 saturated carbocycles. The lowest BCUT2D eigenvalue weighted by Gasteiger charge is -2.26. The summed E-state index contributed by atoms with van der Waals surface area (Å²) in [6, 6.07) is 8.26. The molecule has 4 rings (SSSR count). The molecule has 180 valence electrons. The largest absolute Gasteiger partial charge is 0.342 e. The van der Waals surface area contributed by atoms with E-state index >= 15 is 0 Å². The zero-order valence-electron chi connectivity index (χ0n) is 20.1. The molecule has 0 aliphatic carbocycles. The second-order valence-electron chi connectivity index (χ2n) is 8.87. The van der Waals surface area contributed by atoms with Gasteiger partial charge in [0.2, 0.25) is 15.9 Å². The van der Waals surface area contributed by atoms with Crippen molar-refractivity contribution in [1.82, 2.24) is 29.4 Å². The van der Waals surface area contributed by atoms with Gasteiger partial charge in [0.05, 0.1) is 16.1 Å². The van der Waals surface area contributed by atoms with Crippen LogP contribution in [0.2, 0.25) is 0 Å². The lowest BCUT2D eigenvalue weighted by molar-refractivity contribution is 0.247. The SMILES string of the molecule is CCc1noc(C(CC(C)C)N(C)S(=O)(=O)c2ccc(Cc3nccc4[nH]c(C)nc34)cc2)n1. The van der Waals surface area contributed by atoms with Gasteiger partial charge < -0.3 is 9.51 Å². The molecule has 3 aromatic heterocycles. The number of aromatic nitrogens is 5. The molecule has 0 amide bonds. The van der Waals surface area contributed by atoms with Crippen LogP contribution in [0.25, 0.3) is 11.0 Å². The summed E-state index contributed by atoms with van der Waals surface area (Å²) in [6.07, 6.45) is 3.49. The van der Waals surface area contributed by atoms with E-state index in [1.54, 1.807) is 25.4 Å². The van der Waals surface area contributed by atoms with Crippen LogP contribution >= 0.6 is 0 Å². The van der Waals surface area contributed by atoms with Gasteiger partial charge in [-0.2, -0.15) is 9.29 Å². The van der Waals surface area contributed by atoms with Crippen molar-refractivity contribution < 1.29 is 12.9 Å². The Morgan fingerprint density at radius 1 is 1.12 bits per heavy atom. The minimum Gasteiger partial charge on any atom is -0.342 e. The summed E-state index contributed by atoms with van der Waals surface area (Å²) in [5, 5.41) is 3.95. The van der Waals surface area contributed by atoms with Gasteiger partial charge in [0, 0.05) is 26.1 Å². The van der Waals surface area contributed by atoms with Gasteiger partial charge in [0.1, 0.15) is 17.4 Å². The molecule has 1 atom stereocenters. The highest BCUT2D eigenvalue weighted by atomic mass is 32.2. The number of imidazole rings is 1. The van der Waals surface area contributed by atoms with Crippen LogP contribution in [-0.2, 0) is 22.9 Å². The summed E-state index contributed by atoms with van der Waals surface area (Å²) in [7, 11) is -2.21. The normalized spacial score (nSPS) is 13.3. The van der Waals surface area contributed by atoms with E-state index in [2.05, 4.69) is 25.1 Å². The summed E-state index contributed by atoms with van der Waals surface area (Å²) in [5.41, 5.74) is 3.56. The van der Waals surface area contributed by atoms with E-state index in [1.807, 2.05) is 45.9 Å². The molecule has 0 spiro atoms. The highest BCUT2D eigenvalue weighted by Crippen LogP contribution is 2.31. The number of fused-ring (bicyclic) bond motifs is 1. The number of sulfonamides is 1. The zero-order valence-corrected chi connectivity index (χ0v) is 20.9. The number of aryl methyl sites for hydroxylation is 2. The fourth-order valence-electron chi connectivity index (χ4n) is 3.95. The molecule has 34 heavy (non-hydrogen) atoms. The van der Waals surface area contributed by atoms with Crippen LogP contribution in [0.5, 0.6) is 0 Å². The van der Waals surface area contributed by atoms with Crippen molar-refractivity contribution in [2.24, 2.45) is 5.92 Å². The van der Waals surface area contributed by atoms with Crippen molar-refractivity contribution in [3.63, 3.8) is 0 Å². The van der Waals surface area contributed by atoms with Crippen LogP contribution in [0.3, 0.4) is 0 Å². The molecule has 1 N–H and O–H groups in total. The minimum absolute atomic E-state index is 0.213. The average Bonchev–Trinajstić information content (AvgIpc) is 3.43. The molecule has 0 radical (unpaired) electrons. The lowest BCUT2D eigenvalue weighted by atomic mass is 10.0. The molecule has 0 bridgehead atoms. The van der Waals surface area contributed by atoms with E-state index in [1.165, 1.54) is 4.31 Å². The number of H-pyrrole nitrogens is 1. The van der Waals surface area contributed by atoms with E-state index in [9.17, 15) is 8.42 Å². The topological polar surface area (TPSA) is 118 Å². The number of hydrogen-bond acceptors (Lipinski definition) is 7. The monoisotopic (exact) mass is 482 g/mol. The van der Waals surface area contributed by atoms with Gasteiger partial charge in [-0.25, -0.2) is 13.4 Å². The summed E-state index contributed by atoms with van der Waals surface area (Å²) in [5.74, 6) is 1.95. The minimum atomic E-state index is -3.78. The third-order valence-electron chi connectivity index (χ3n) is 5.79. The van der Waals surface area contributed by atoms with E-state index in [-0.39, 0.29) is 10.8 Å². The highest BCUT2D eigenvalue weighted by molar-refractivity contribution is 7.89. The first-order chi connectivity index (χ1) is 16.2. The Bertz CT molecular complexity index is 1380. The van der Waals surface area contributed by atoms with E-state index in [4.69, 9.17) is 4.52 Å². The van der Waals surface area contributed by atoms with Crippen molar-refractivity contribution in [3.05, 3.63) is 65.3 Å². The molecule has 9 nitrogen and oxygen atoms in total. The number of rotatable bonds is 9. The Morgan fingerprint density at radius 2 is 1.85 bits per heavy atom. The van der Waals surface area contributed by atoms with Crippen molar-refractivity contribution in [3.8, 4) is 0 Å². The molecule has 1 unspecified atom stereocenters. The van der Waals surface area contributed by atoms with E-state index in [0.717, 1.165) is 28.1 Å². The van der Waals surface area contributed by atoms with Crippen LogP contribution in [0.4, 0.5) is 0 Å². The lowest BCUT2D eigenvalue weighted by Crippen LogP contribution is -2.32. The Kier molecular flexibility index (Phi) is 6.81. The third kappa shape index (κ3) is 4.88. The Morgan fingerprint density at radius 3 is 2.50 bits per heavy atom. The predicted molar refractivity (Wildman–Crippen MR) is 129 cm³/mol. The summed E-state index contributed by atoms with van der Waals surface area (Å²) in [4.78, 5) is 16.8. The maximum Gasteiger partial charge on any atom is 0.245 e. The number of pyridine rings is 1. The fourth-order valence-corrected chi connectivity index (χ4v) is 5.27. The van der Waals surface area contributed by atoms with E-state index in [0.29, 0.717) is 31.0 Å². The molecule has 0 fully saturated rings. The van der Waals surface area contributed by atoms with Gasteiger partial charge in [0.25, 0.3) is 0 Å². The second kappa shape index (κ2) is 9.63. The van der Waals surface area contributed by atoms with Crippen LogP contribution in [-0.4, -0.2) is 44.9 Å². The number of nitrogens with one attached hydrogen (secondary N) is 1. The number of nitrogens with zero attached hydrogens (tertiary/aromatic N) is 5. The van der Waals surface area contributed by atoms with E-state index < -0.39 is 16.1 Å². The first-order valence-electron chi connectivity index (χ1n) is 11.4. The second-order valence-corrected chi connectivity index (χ2v) is 10.9. The van der Waals surface area contributed by atoms with Gasteiger partial charge in [0.15, 0.2) is 5.82 Å². The fraction of sp³-hybridized carbons (Fsp3) is 0.417. The Hall–Kier alpha value is -3.11. The first-order valence-corrected chi connectivity index (χ1v) is 12.8. The first kappa shape index (κ1) is 24.0. The molecule has 4 aromatic rings. The van der Waals surface area contributed by atoms with Crippen molar-refractivity contribution in [2.45, 2.75) is 57.9 Å². The molecule has 10 heteroatoms. The molecule has 0 aliphatic heterocycles. The highest BCUT2D eigenvalue weighted by Gasteiger charge is 2.33. The standard InChI is InChI=1S/C24H30N6O3S/c1-6-22-28-24(33-29-22)21(13-15(2)3)30(5)34(31,32)18-9-7-17(8-10-18)14-20-23-19(11-12-25-20)26-16(4)27-23/h7-12,15,21H,6,13-14H2,1-5H3,(H,26,27). The summed E-state index contributed by atoms with van der Waals surface area (Å²) in [6.45, 7) is 7.91. The Labute approximate surface area is 199 Å². The van der Waals surface area contributed by atoms with Gasteiger partial charge in [-0.15, -0.1) is 0 Å². The zero-order chi connectivity index (χ0) is 24.5. The molecular weight excluding hydrogens is 452 g/mol. The maximum atomic E-state index is 13.5. The summed E-state index contributed by atoms with van der Waals surface area (Å²) >= 11 is 0. The molecule has 0 aliphatic rings. The molecule has 1 aromatic carbocycles. The van der Waals surface area contributed by atoms with Crippen LogP contribution in [0.1, 0.15) is 62.0 Å².